The zero-order chi connectivity index (χ0) is 10.8. The van der Waals surface area contributed by atoms with Gasteiger partial charge in [-0.15, -0.1) is 11.3 Å². The molecule has 0 fully saturated rings. The summed E-state index contributed by atoms with van der Waals surface area (Å²) < 4.78 is 6.24. The average molecular weight is 307 g/mol. The normalized spacial score (nSPS) is 13.0. The molecule has 1 N–H and O–H groups in total. The summed E-state index contributed by atoms with van der Waals surface area (Å²) in [5.74, 6) is 0.855. The summed E-state index contributed by atoms with van der Waals surface area (Å²) in [7, 11) is 1.89. The highest BCUT2D eigenvalue weighted by Crippen LogP contribution is 2.33. The van der Waals surface area contributed by atoms with Gasteiger partial charge in [0.1, 0.15) is 11.8 Å². The average Bonchev–Trinajstić information content (AvgIpc) is 2.79. The number of furan rings is 1. The first-order valence-corrected chi connectivity index (χ1v) is 6.43. The Balaban J connectivity index is 2.36. The van der Waals surface area contributed by atoms with Crippen molar-refractivity contribution in [3.05, 3.63) is 43.9 Å². The lowest BCUT2D eigenvalue weighted by molar-refractivity contribution is 0.450. The van der Waals surface area contributed by atoms with Crippen molar-refractivity contribution in [2.75, 3.05) is 7.05 Å². The molecule has 5 heteroatoms. The SMILES string of the molecule is CNC(c1ccc(Br)o1)c1sccc1Cl. The summed E-state index contributed by atoms with van der Waals surface area (Å²) in [6.07, 6.45) is 0. The molecular formula is C10H9BrClNOS. The number of hydrogen-bond acceptors (Lipinski definition) is 3. The van der Waals surface area contributed by atoms with Gasteiger partial charge in [-0.25, -0.2) is 0 Å². The molecule has 1 unspecified atom stereocenters. The number of nitrogens with one attached hydrogen (secondary N) is 1. The molecule has 0 saturated heterocycles. The maximum Gasteiger partial charge on any atom is 0.169 e. The Kier molecular flexibility index (Phi) is 3.51. The van der Waals surface area contributed by atoms with Crippen LogP contribution < -0.4 is 5.32 Å². The summed E-state index contributed by atoms with van der Waals surface area (Å²) in [6, 6.07) is 5.72. The molecular weight excluding hydrogens is 298 g/mol. The Morgan fingerprint density at radius 2 is 2.27 bits per heavy atom. The third-order valence-electron chi connectivity index (χ3n) is 2.07. The van der Waals surface area contributed by atoms with Gasteiger partial charge in [-0.3, -0.25) is 0 Å². The van der Waals surface area contributed by atoms with E-state index in [9.17, 15) is 0 Å². The lowest BCUT2D eigenvalue weighted by Gasteiger charge is -2.12. The van der Waals surface area contributed by atoms with Gasteiger partial charge >= 0.3 is 0 Å². The second-order valence-electron chi connectivity index (χ2n) is 3.00. The molecule has 2 rings (SSSR count). The van der Waals surface area contributed by atoms with Crippen LogP contribution in [0.5, 0.6) is 0 Å². The highest BCUT2D eigenvalue weighted by Gasteiger charge is 2.19. The van der Waals surface area contributed by atoms with Crippen LogP contribution in [0.4, 0.5) is 0 Å². The van der Waals surface area contributed by atoms with Gasteiger partial charge in [-0.05, 0) is 46.6 Å². The Hall–Kier alpha value is -0.290. The number of rotatable bonds is 3. The van der Waals surface area contributed by atoms with E-state index < -0.39 is 0 Å². The summed E-state index contributed by atoms with van der Waals surface area (Å²) in [5, 5.41) is 5.93. The molecule has 2 nitrogen and oxygen atoms in total. The molecule has 0 radical (unpaired) electrons. The Labute approximate surface area is 105 Å². The molecule has 0 spiro atoms. The summed E-state index contributed by atoms with van der Waals surface area (Å²) in [6.45, 7) is 0. The molecule has 80 valence electrons. The van der Waals surface area contributed by atoms with Gasteiger partial charge < -0.3 is 9.73 Å². The highest BCUT2D eigenvalue weighted by molar-refractivity contribution is 9.10. The number of hydrogen-bond donors (Lipinski definition) is 1. The molecule has 1 atom stereocenters. The van der Waals surface area contributed by atoms with E-state index in [1.54, 1.807) is 11.3 Å². The van der Waals surface area contributed by atoms with Crippen LogP contribution in [-0.4, -0.2) is 7.05 Å². The van der Waals surface area contributed by atoms with E-state index >= 15 is 0 Å². The van der Waals surface area contributed by atoms with E-state index in [2.05, 4.69) is 21.2 Å². The van der Waals surface area contributed by atoms with Crippen LogP contribution in [0.1, 0.15) is 16.7 Å². The van der Waals surface area contributed by atoms with Crippen LogP contribution in [0, 0.1) is 0 Å². The molecule has 0 aliphatic rings. The quantitative estimate of drug-likeness (QED) is 0.925. The van der Waals surface area contributed by atoms with E-state index in [1.807, 2.05) is 30.6 Å². The topological polar surface area (TPSA) is 25.2 Å². The number of thiophene rings is 1. The maximum atomic E-state index is 6.09. The fraction of sp³-hybridized carbons (Fsp3) is 0.200. The maximum absolute atomic E-state index is 6.09. The van der Waals surface area contributed by atoms with Crippen molar-refractivity contribution in [3.63, 3.8) is 0 Å². The van der Waals surface area contributed by atoms with E-state index in [1.165, 1.54) is 0 Å². The van der Waals surface area contributed by atoms with Crippen LogP contribution in [0.2, 0.25) is 5.02 Å². The zero-order valence-corrected chi connectivity index (χ0v) is 11.1. The van der Waals surface area contributed by atoms with Gasteiger partial charge in [-0.2, -0.15) is 0 Å². The predicted molar refractivity (Wildman–Crippen MR) is 66.6 cm³/mol. The van der Waals surface area contributed by atoms with Gasteiger partial charge in [-0.1, -0.05) is 11.6 Å². The van der Waals surface area contributed by atoms with Crippen LogP contribution in [0.15, 0.2) is 32.7 Å². The van der Waals surface area contributed by atoms with Crippen LogP contribution >= 0.6 is 38.9 Å². The highest BCUT2D eigenvalue weighted by atomic mass is 79.9. The van der Waals surface area contributed by atoms with E-state index in [4.69, 9.17) is 16.0 Å². The zero-order valence-electron chi connectivity index (χ0n) is 7.96. The Morgan fingerprint density at radius 3 is 2.73 bits per heavy atom. The van der Waals surface area contributed by atoms with Crippen LogP contribution in [-0.2, 0) is 0 Å². The summed E-state index contributed by atoms with van der Waals surface area (Å²) in [4.78, 5) is 1.07. The molecule has 0 aliphatic carbocycles. The summed E-state index contributed by atoms with van der Waals surface area (Å²) >= 11 is 11.0. The minimum atomic E-state index is 0.0174. The van der Waals surface area contributed by atoms with Crippen molar-refractivity contribution < 1.29 is 4.42 Å². The second-order valence-corrected chi connectivity index (χ2v) is 5.13. The van der Waals surface area contributed by atoms with Crippen molar-refractivity contribution in [2.24, 2.45) is 0 Å². The van der Waals surface area contributed by atoms with Gasteiger partial charge in [0, 0.05) is 4.88 Å². The molecule has 0 saturated carbocycles. The first-order valence-electron chi connectivity index (χ1n) is 4.37. The Bertz CT molecular complexity index is 454. The second kappa shape index (κ2) is 4.70. The molecule has 2 aromatic heterocycles. The van der Waals surface area contributed by atoms with E-state index in [0.29, 0.717) is 0 Å². The van der Waals surface area contributed by atoms with Gasteiger partial charge in [0.2, 0.25) is 0 Å². The predicted octanol–water partition coefficient (Wildman–Crippen LogP) is 4.07. The fourth-order valence-electron chi connectivity index (χ4n) is 1.40. The van der Waals surface area contributed by atoms with Crippen molar-refractivity contribution >= 4 is 38.9 Å². The lowest BCUT2D eigenvalue weighted by atomic mass is 10.2. The van der Waals surface area contributed by atoms with E-state index in [0.717, 1.165) is 20.3 Å². The molecule has 0 amide bonds. The molecule has 2 aromatic rings. The monoisotopic (exact) mass is 305 g/mol. The standard InChI is InChI=1S/C10H9BrClNOS/c1-13-9(7-2-3-8(11)14-7)10-6(12)4-5-15-10/h2-5,9,13H,1H3. The first-order chi connectivity index (χ1) is 7.22. The molecule has 0 bridgehead atoms. The minimum Gasteiger partial charge on any atom is -0.452 e. The third kappa shape index (κ3) is 2.28. The van der Waals surface area contributed by atoms with Crippen LogP contribution in [0.3, 0.4) is 0 Å². The lowest BCUT2D eigenvalue weighted by Crippen LogP contribution is -2.15. The fourth-order valence-corrected chi connectivity index (χ4v) is 3.00. The Morgan fingerprint density at radius 1 is 1.47 bits per heavy atom. The molecule has 0 aromatic carbocycles. The molecule has 0 aliphatic heterocycles. The van der Waals surface area contributed by atoms with Gasteiger partial charge in [0.05, 0.1) is 5.02 Å². The first kappa shape index (κ1) is 11.2. The van der Waals surface area contributed by atoms with Crippen molar-refractivity contribution in [1.29, 1.82) is 0 Å². The van der Waals surface area contributed by atoms with Gasteiger partial charge in [0.25, 0.3) is 0 Å². The van der Waals surface area contributed by atoms with Crippen LogP contribution in [0.25, 0.3) is 0 Å². The molecule has 15 heavy (non-hydrogen) atoms. The number of halogens is 2. The minimum absolute atomic E-state index is 0.0174. The van der Waals surface area contributed by atoms with Crippen molar-refractivity contribution in [3.8, 4) is 0 Å². The van der Waals surface area contributed by atoms with Gasteiger partial charge in [0.15, 0.2) is 4.67 Å². The molecule has 2 heterocycles. The third-order valence-corrected chi connectivity index (χ3v) is 3.92. The van der Waals surface area contributed by atoms with E-state index in [-0.39, 0.29) is 6.04 Å². The van der Waals surface area contributed by atoms with Crippen molar-refractivity contribution in [1.82, 2.24) is 5.32 Å². The van der Waals surface area contributed by atoms with Crippen molar-refractivity contribution in [2.45, 2.75) is 6.04 Å². The summed E-state index contributed by atoms with van der Waals surface area (Å²) in [5.41, 5.74) is 0. The largest absolute Gasteiger partial charge is 0.452 e. The smallest absolute Gasteiger partial charge is 0.169 e.